The predicted molar refractivity (Wildman–Crippen MR) is 132 cm³/mol. The first-order valence-electron chi connectivity index (χ1n) is 12.8. The standard InChI is InChI=1S/C26H45N5O/c1-7-23-17-30(6)18-24(8-2)31(23)26-27-13-21(14-28-26)16-29(5)15-20-9-11-22(12-10-20)25(32)19(3)4/h13-14,19-20,22-24H,7-12,15-18H2,1-6H3/t20-,22-,23?,24?. The quantitative estimate of drug-likeness (QED) is 0.569. The molecule has 6 nitrogen and oxygen atoms in total. The fraction of sp³-hybridized carbons (Fsp3) is 0.808. The number of Topliss-reactive ketones (excluding diaryl/α,β-unsaturated/α-hetero) is 1. The van der Waals surface area contributed by atoms with Crippen LogP contribution in [-0.4, -0.2) is 71.4 Å². The molecule has 0 bridgehead atoms. The first kappa shape index (κ1) is 25.1. The van der Waals surface area contributed by atoms with Gasteiger partial charge in [-0.3, -0.25) is 4.79 Å². The molecule has 0 radical (unpaired) electrons. The molecule has 0 spiro atoms. The van der Waals surface area contributed by atoms with Crippen LogP contribution in [0.15, 0.2) is 12.4 Å². The SMILES string of the molecule is CCC1CN(C)CC(CC)N1c1ncc(CN(C)C[C@H]2CC[C@H](C(=O)C(C)C)CC2)cn1. The zero-order valence-electron chi connectivity index (χ0n) is 21.3. The molecule has 6 heteroatoms. The molecule has 1 saturated carbocycles. The van der Waals surface area contributed by atoms with Crippen LogP contribution in [0.3, 0.4) is 0 Å². The van der Waals surface area contributed by atoms with Gasteiger partial charge in [0.1, 0.15) is 5.78 Å². The van der Waals surface area contributed by atoms with Crippen LogP contribution in [-0.2, 0) is 11.3 Å². The average Bonchev–Trinajstić information content (AvgIpc) is 2.79. The summed E-state index contributed by atoms with van der Waals surface area (Å²) in [6.07, 6.45) is 10.7. The molecule has 2 unspecified atom stereocenters. The summed E-state index contributed by atoms with van der Waals surface area (Å²) in [5.41, 5.74) is 1.18. The van der Waals surface area contributed by atoms with E-state index in [1.807, 2.05) is 26.2 Å². The van der Waals surface area contributed by atoms with Crippen molar-refractivity contribution in [1.82, 2.24) is 19.8 Å². The first-order valence-corrected chi connectivity index (χ1v) is 12.8. The van der Waals surface area contributed by atoms with E-state index < -0.39 is 0 Å². The lowest BCUT2D eigenvalue weighted by molar-refractivity contribution is -0.127. The Morgan fingerprint density at radius 1 is 1.06 bits per heavy atom. The van der Waals surface area contributed by atoms with Crippen LogP contribution in [0.1, 0.15) is 71.8 Å². The molecule has 32 heavy (non-hydrogen) atoms. The van der Waals surface area contributed by atoms with Gasteiger partial charge in [-0.25, -0.2) is 9.97 Å². The van der Waals surface area contributed by atoms with E-state index in [2.05, 4.69) is 42.6 Å². The van der Waals surface area contributed by atoms with E-state index in [1.165, 1.54) is 18.4 Å². The molecule has 3 rings (SSSR count). The Hall–Kier alpha value is -1.53. The maximum Gasteiger partial charge on any atom is 0.225 e. The minimum Gasteiger partial charge on any atom is -0.332 e. The second-order valence-corrected chi connectivity index (χ2v) is 10.6. The van der Waals surface area contributed by atoms with Crippen molar-refractivity contribution in [2.45, 2.75) is 84.8 Å². The van der Waals surface area contributed by atoms with Crippen LogP contribution in [0.2, 0.25) is 0 Å². The lowest BCUT2D eigenvalue weighted by atomic mass is 9.77. The van der Waals surface area contributed by atoms with Crippen LogP contribution in [0, 0.1) is 17.8 Å². The molecule has 2 aliphatic rings. The minimum atomic E-state index is 0.174. The summed E-state index contributed by atoms with van der Waals surface area (Å²) in [4.78, 5) is 29.2. The van der Waals surface area contributed by atoms with Crippen LogP contribution in [0.25, 0.3) is 0 Å². The van der Waals surface area contributed by atoms with Gasteiger partial charge in [-0.1, -0.05) is 27.7 Å². The van der Waals surface area contributed by atoms with Gasteiger partial charge in [0.15, 0.2) is 0 Å². The molecule has 2 heterocycles. The summed E-state index contributed by atoms with van der Waals surface area (Å²) < 4.78 is 0. The summed E-state index contributed by atoms with van der Waals surface area (Å²) >= 11 is 0. The molecule has 0 N–H and O–H groups in total. The predicted octanol–water partition coefficient (Wildman–Crippen LogP) is 4.25. The van der Waals surface area contributed by atoms with Gasteiger partial charge in [0.25, 0.3) is 0 Å². The zero-order chi connectivity index (χ0) is 23.3. The Morgan fingerprint density at radius 2 is 1.62 bits per heavy atom. The maximum atomic E-state index is 12.3. The number of rotatable bonds is 9. The van der Waals surface area contributed by atoms with E-state index in [0.717, 1.165) is 57.8 Å². The number of ketones is 1. The van der Waals surface area contributed by atoms with E-state index in [9.17, 15) is 4.79 Å². The van der Waals surface area contributed by atoms with E-state index in [-0.39, 0.29) is 5.92 Å². The number of likely N-dealkylation sites (N-methyl/N-ethyl adjacent to an activating group) is 1. The van der Waals surface area contributed by atoms with Gasteiger partial charge in [-0.05, 0) is 58.5 Å². The zero-order valence-corrected chi connectivity index (χ0v) is 21.3. The highest BCUT2D eigenvalue weighted by Crippen LogP contribution is 2.31. The number of nitrogens with zero attached hydrogens (tertiary/aromatic N) is 5. The van der Waals surface area contributed by atoms with Crippen molar-refractivity contribution >= 4 is 11.7 Å². The Morgan fingerprint density at radius 3 is 2.12 bits per heavy atom. The Kier molecular flexibility index (Phi) is 9.06. The van der Waals surface area contributed by atoms with Crippen molar-refractivity contribution in [2.75, 3.05) is 38.6 Å². The Bertz CT molecular complexity index is 699. The van der Waals surface area contributed by atoms with E-state index in [1.54, 1.807) is 0 Å². The number of aromatic nitrogens is 2. The molecule has 2 atom stereocenters. The molecule has 1 aliphatic carbocycles. The maximum absolute atomic E-state index is 12.3. The molecule has 2 fully saturated rings. The lowest BCUT2D eigenvalue weighted by Crippen LogP contribution is -2.58. The molecular weight excluding hydrogens is 398 g/mol. The third-order valence-corrected chi connectivity index (χ3v) is 7.54. The molecule has 0 amide bonds. The van der Waals surface area contributed by atoms with Crippen LogP contribution >= 0.6 is 0 Å². The third kappa shape index (κ3) is 6.28. The van der Waals surface area contributed by atoms with Crippen LogP contribution in [0.4, 0.5) is 5.95 Å². The summed E-state index contributed by atoms with van der Waals surface area (Å²) in [5, 5.41) is 0. The number of carbonyl (C=O) groups is 1. The normalized spacial score (nSPS) is 27.3. The molecule has 1 aromatic rings. The molecule has 1 aliphatic heterocycles. The van der Waals surface area contributed by atoms with Gasteiger partial charge < -0.3 is 14.7 Å². The fourth-order valence-corrected chi connectivity index (χ4v) is 5.73. The van der Waals surface area contributed by atoms with Gasteiger partial charge in [-0.15, -0.1) is 0 Å². The third-order valence-electron chi connectivity index (χ3n) is 7.54. The number of hydrogen-bond acceptors (Lipinski definition) is 6. The van der Waals surface area contributed by atoms with Gasteiger partial charge in [0.2, 0.25) is 5.95 Å². The second kappa shape index (κ2) is 11.6. The number of piperazine rings is 1. The summed E-state index contributed by atoms with van der Waals surface area (Å²) in [6, 6.07) is 0.954. The smallest absolute Gasteiger partial charge is 0.225 e. The number of anilines is 1. The van der Waals surface area contributed by atoms with Gasteiger partial charge in [0, 0.05) is 68.1 Å². The second-order valence-electron chi connectivity index (χ2n) is 10.6. The van der Waals surface area contributed by atoms with Crippen molar-refractivity contribution in [3.63, 3.8) is 0 Å². The Labute approximate surface area is 195 Å². The topological polar surface area (TPSA) is 52.6 Å². The Balaban J connectivity index is 1.52. The fourth-order valence-electron chi connectivity index (χ4n) is 5.73. The lowest BCUT2D eigenvalue weighted by Gasteiger charge is -2.45. The molecular formula is C26H45N5O. The van der Waals surface area contributed by atoms with Crippen molar-refractivity contribution < 1.29 is 4.79 Å². The van der Waals surface area contributed by atoms with Crippen molar-refractivity contribution in [2.24, 2.45) is 17.8 Å². The first-order chi connectivity index (χ1) is 15.3. The number of carbonyl (C=O) groups excluding carboxylic acids is 1. The average molecular weight is 444 g/mol. The highest BCUT2D eigenvalue weighted by atomic mass is 16.1. The van der Waals surface area contributed by atoms with Crippen LogP contribution in [0.5, 0.6) is 0 Å². The molecule has 180 valence electrons. The van der Waals surface area contributed by atoms with Crippen molar-refractivity contribution in [3.05, 3.63) is 18.0 Å². The summed E-state index contributed by atoms with van der Waals surface area (Å²) in [5.74, 6) is 2.51. The highest BCUT2D eigenvalue weighted by Gasteiger charge is 2.33. The summed E-state index contributed by atoms with van der Waals surface area (Å²) in [6.45, 7) is 12.7. The van der Waals surface area contributed by atoms with Gasteiger partial charge in [-0.2, -0.15) is 0 Å². The molecule has 0 aromatic carbocycles. The summed E-state index contributed by atoms with van der Waals surface area (Å²) in [7, 11) is 4.41. The molecule has 1 aromatic heterocycles. The van der Waals surface area contributed by atoms with Crippen LogP contribution < -0.4 is 4.90 Å². The van der Waals surface area contributed by atoms with Gasteiger partial charge in [0.05, 0.1) is 0 Å². The van der Waals surface area contributed by atoms with E-state index >= 15 is 0 Å². The van der Waals surface area contributed by atoms with E-state index in [0.29, 0.717) is 29.7 Å². The largest absolute Gasteiger partial charge is 0.332 e. The van der Waals surface area contributed by atoms with Gasteiger partial charge >= 0.3 is 0 Å². The van der Waals surface area contributed by atoms with E-state index in [4.69, 9.17) is 9.97 Å². The molecule has 1 saturated heterocycles. The highest BCUT2D eigenvalue weighted by molar-refractivity contribution is 5.82. The monoisotopic (exact) mass is 443 g/mol. The van der Waals surface area contributed by atoms with Crippen molar-refractivity contribution in [3.8, 4) is 0 Å². The number of hydrogen-bond donors (Lipinski definition) is 0. The minimum absolute atomic E-state index is 0.174. The van der Waals surface area contributed by atoms with Crippen molar-refractivity contribution in [1.29, 1.82) is 0 Å².